The molecule has 11 heteroatoms. The number of hydrogen-bond donors (Lipinski definition) is 2. The van der Waals surface area contributed by atoms with Crippen molar-refractivity contribution in [2.24, 2.45) is 17.0 Å². The summed E-state index contributed by atoms with van der Waals surface area (Å²) in [5.74, 6) is 2.38. The second kappa shape index (κ2) is 8.29. The molecule has 1 aliphatic heterocycles. The van der Waals surface area contributed by atoms with E-state index in [4.69, 9.17) is 10.1 Å². The van der Waals surface area contributed by atoms with Gasteiger partial charge in [-0.05, 0) is 37.5 Å². The zero-order valence-corrected chi connectivity index (χ0v) is 18.5. The molecular weight excluding hydrogens is 424 g/mol. The van der Waals surface area contributed by atoms with E-state index in [0.29, 0.717) is 28.8 Å². The number of rotatable bonds is 5. The zero-order chi connectivity index (χ0) is 22.3. The van der Waals surface area contributed by atoms with Crippen LogP contribution in [0.1, 0.15) is 32.4 Å². The predicted molar refractivity (Wildman–Crippen MR) is 118 cm³/mol. The van der Waals surface area contributed by atoms with E-state index in [1.807, 2.05) is 6.07 Å². The first-order valence-electron chi connectivity index (χ1n) is 10.1. The molecule has 0 spiro atoms. The molecule has 3 aromatic rings. The molecule has 0 aliphatic carbocycles. The first-order chi connectivity index (χ1) is 14.6. The van der Waals surface area contributed by atoms with Crippen LogP contribution in [0.25, 0.3) is 17.2 Å². The monoisotopic (exact) mass is 451 g/mol. The summed E-state index contributed by atoms with van der Waals surface area (Å²) >= 11 is 0. The highest BCUT2D eigenvalue weighted by molar-refractivity contribution is 8.26. The molecule has 0 amide bonds. The lowest BCUT2D eigenvalue weighted by molar-refractivity contribution is 0.145. The van der Waals surface area contributed by atoms with Crippen molar-refractivity contribution in [2.45, 2.75) is 32.7 Å². The lowest BCUT2D eigenvalue weighted by Crippen LogP contribution is -2.49. The van der Waals surface area contributed by atoms with Crippen LogP contribution in [0, 0.1) is 11.8 Å². The second-order valence-corrected chi connectivity index (χ2v) is 11.0. The van der Waals surface area contributed by atoms with Crippen LogP contribution in [-0.2, 0) is 0 Å². The smallest absolute Gasteiger partial charge is 0.281 e. The van der Waals surface area contributed by atoms with E-state index in [9.17, 15) is 13.3 Å². The topological polar surface area (TPSA) is 105 Å². The number of imidazole rings is 1. The molecule has 3 aromatic heterocycles. The van der Waals surface area contributed by atoms with Gasteiger partial charge in [-0.15, -0.1) is 0 Å². The van der Waals surface area contributed by atoms with Crippen molar-refractivity contribution in [3.63, 3.8) is 0 Å². The summed E-state index contributed by atoms with van der Waals surface area (Å²) in [6.45, 7) is 5.12. The van der Waals surface area contributed by atoms with Gasteiger partial charge in [0.25, 0.3) is 6.43 Å². The Balaban J connectivity index is 1.68. The van der Waals surface area contributed by atoms with Gasteiger partial charge in [0.1, 0.15) is 17.2 Å². The summed E-state index contributed by atoms with van der Waals surface area (Å²) in [5.41, 5.74) is 0.631. The maximum Gasteiger partial charge on any atom is 0.281 e. The molecule has 8 nitrogen and oxygen atoms in total. The molecule has 4 heterocycles. The Kier molecular flexibility index (Phi) is 5.84. The van der Waals surface area contributed by atoms with E-state index < -0.39 is 16.9 Å². The molecule has 0 bridgehead atoms. The quantitative estimate of drug-likeness (QED) is 0.608. The summed E-state index contributed by atoms with van der Waals surface area (Å²) in [4.78, 5) is 19.3. The Labute approximate surface area is 181 Å². The van der Waals surface area contributed by atoms with Crippen molar-refractivity contribution < 1.29 is 13.3 Å². The molecule has 3 N–H and O–H groups in total. The Morgan fingerprint density at radius 3 is 2.74 bits per heavy atom. The van der Waals surface area contributed by atoms with Gasteiger partial charge < -0.3 is 9.45 Å². The highest BCUT2D eigenvalue weighted by Gasteiger charge is 2.34. The molecule has 1 saturated heterocycles. The number of nitrogens with zero attached hydrogens (tertiary/aromatic N) is 6. The SMILES string of the molecule is CC1CC(CS(C)(N)O)C(C)N(c2ccnc(-c3cnc4cnc(C(F)F)cn34)n2)C1. The van der Waals surface area contributed by atoms with E-state index in [1.165, 1.54) is 16.8 Å². The summed E-state index contributed by atoms with van der Waals surface area (Å²) in [7, 11) is -2.10. The highest BCUT2D eigenvalue weighted by Crippen LogP contribution is 2.39. The van der Waals surface area contributed by atoms with Gasteiger partial charge >= 0.3 is 0 Å². The van der Waals surface area contributed by atoms with Crippen LogP contribution >= 0.6 is 10.5 Å². The van der Waals surface area contributed by atoms with Crippen molar-refractivity contribution in [3.8, 4) is 11.5 Å². The molecule has 4 atom stereocenters. The van der Waals surface area contributed by atoms with Crippen molar-refractivity contribution >= 4 is 22.0 Å². The van der Waals surface area contributed by atoms with Gasteiger partial charge in [-0.2, -0.15) is 0 Å². The molecule has 0 radical (unpaired) electrons. The first kappa shape index (κ1) is 21.8. The maximum atomic E-state index is 13.1. The van der Waals surface area contributed by atoms with Gasteiger partial charge in [0.15, 0.2) is 11.5 Å². The van der Waals surface area contributed by atoms with Crippen molar-refractivity contribution in [3.05, 3.63) is 36.5 Å². The summed E-state index contributed by atoms with van der Waals surface area (Å²) in [6, 6.07) is 1.98. The number of halogens is 2. The Bertz CT molecular complexity index is 1070. The van der Waals surface area contributed by atoms with Crippen LogP contribution in [0.3, 0.4) is 0 Å². The number of nitrogens with two attached hydrogens (primary N) is 1. The average molecular weight is 452 g/mol. The number of aromatic nitrogens is 5. The number of piperidine rings is 1. The molecule has 168 valence electrons. The standard InChI is InChI=1S/C20H27F2N7OS/c1-12-6-14(11-31(3,23)30)13(2)28(9-12)17-4-5-24-20(27-17)16-7-26-18-8-25-15(19(21)22)10-29(16)18/h4-5,7-8,10,12-14,19,30H,6,9,11,23H2,1-3H3. The minimum Gasteiger partial charge on any atom is -0.353 e. The largest absolute Gasteiger partial charge is 0.353 e. The molecule has 31 heavy (non-hydrogen) atoms. The lowest BCUT2D eigenvalue weighted by atomic mass is 9.86. The Hall–Kier alpha value is -2.37. The van der Waals surface area contributed by atoms with Crippen LogP contribution in [0.5, 0.6) is 0 Å². The van der Waals surface area contributed by atoms with Crippen LogP contribution in [0.2, 0.25) is 0 Å². The van der Waals surface area contributed by atoms with E-state index in [1.54, 1.807) is 18.6 Å². The lowest BCUT2D eigenvalue weighted by Gasteiger charge is -2.45. The van der Waals surface area contributed by atoms with E-state index in [0.717, 1.165) is 18.8 Å². The summed E-state index contributed by atoms with van der Waals surface area (Å²) in [6.07, 6.45) is 5.83. The van der Waals surface area contributed by atoms with Crippen LogP contribution in [0.15, 0.2) is 30.9 Å². The Morgan fingerprint density at radius 2 is 2.03 bits per heavy atom. The predicted octanol–water partition coefficient (Wildman–Crippen LogP) is 3.76. The normalized spacial score (nSPS) is 25.0. The first-order valence-corrected chi connectivity index (χ1v) is 12.3. The minimum absolute atomic E-state index is 0.137. The van der Waals surface area contributed by atoms with Crippen molar-refractivity contribution in [2.75, 3.05) is 23.5 Å². The molecule has 0 aromatic carbocycles. The van der Waals surface area contributed by atoms with Gasteiger partial charge in [-0.1, -0.05) is 17.4 Å². The third kappa shape index (κ3) is 4.63. The van der Waals surface area contributed by atoms with Crippen molar-refractivity contribution in [1.29, 1.82) is 0 Å². The van der Waals surface area contributed by atoms with Gasteiger partial charge in [0.2, 0.25) is 0 Å². The molecular formula is C20H27F2N7OS. The van der Waals surface area contributed by atoms with Crippen molar-refractivity contribution in [1.82, 2.24) is 24.3 Å². The van der Waals surface area contributed by atoms with Crippen LogP contribution < -0.4 is 10.0 Å². The number of hydrogen-bond acceptors (Lipinski definition) is 7. The average Bonchev–Trinajstić information content (AvgIpc) is 3.12. The van der Waals surface area contributed by atoms with Gasteiger partial charge in [-0.25, -0.2) is 28.7 Å². The third-order valence-electron chi connectivity index (χ3n) is 5.74. The second-order valence-electron chi connectivity index (χ2n) is 8.49. The van der Waals surface area contributed by atoms with E-state index in [2.05, 4.69) is 33.7 Å². The summed E-state index contributed by atoms with van der Waals surface area (Å²) in [5, 5.41) is 5.96. The van der Waals surface area contributed by atoms with E-state index >= 15 is 0 Å². The fraction of sp³-hybridized carbons (Fsp3) is 0.500. The number of alkyl halides is 2. The number of anilines is 1. The maximum absolute atomic E-state index is 13.1. The Morgan fingerprint density at radius 1 is 1.26 bits per heavy atom. The third-order valence-corrected chi connectivity index (χ3v) is 6.85. The highest BCUT2D eigenvalue weighted by atomic mass is 32.3. The van der Waals surface area contributed by atoms with Gasteiger partial charge in [0.05, 0.1) is 12.4 Å². The van der Waals surface area contributed by atoms with E-state index in [-0.39, 0.29) is 17.7 Å². The number of fused-ring (bicyclic) bond motifs is 1. The van der Waals surface area contributed by atoms with Gasteiger partial charge in [-0.3, -0.25) is 9.54 Å². The molecule has 4 unspecified atom stereocenters. The fourth-order valence-corrected chi connectivity index (χ4v) is 5.58. The molecule has 0 saturated carbocycles. The van der Waals surface area contributed by atoms with Crippen LogP contribution in [0.4, 0.5) is 14.6 Å². The summed E-state index contributed by atoms with van der Waals surface area (Å²) < 4.78 is 38.0. The molecule has 1 aliphatic rings. The van der Waals surface area contributed by atoms with Crippen LogP contribution in [-0.4, -0.2) is 53.5 Å². The molecule has 4 rings (SSSR count). The zero-order valence-electron chi connectivity index (χ0n) is 17.7. The minimum atomic E-state index is -2.68. The fourth-order valence-electron chi connectivity index (χ4n) is 4.30. The molecule has 1 fully saturated rings. The van der Waals surface area contributed by atoms with Gasteiger partial charge in [0, 0.05) is 30.7 Å².